The van der Waals surface area contributed by atoms with Gasteiger partial charge in [0.1, 0.15) is 6.61 Å². The lowest BCUT2D eigenvalue weighted by Crippen LogP contribution is -2.48. The van der Waals surface area contributed by atoms with Crippen molar-refractivity contribution >= 4 is 34.4 Å². The number of halogens is 1. The van der Waals surface area contributed by atoms with Crippen LogP contribution in [0.2, 0.25) is 0 Å². The number of fused-ring (bicyclic) bond motifs is 3. The Morgan fingerprint density at radius 3 is 2.29 bits per heavy atom. The van der Waals surface area contributed by atoms with Gasteiger partial charge in [-0.25, -0.2) is 4.79 Å². The summed E-state index contributed by atoms with van der Waals surface area (Å²) in [6.45, 7) is 3.90. The molecule has 5 rings (SSSR count). The second-order valence-corrected chi connectivity index (χ2v) is 9.82. The average molecular weight is 565 g/mol. The minimum atomic E-state index is -0.249. The van der Waals surface area contributed by atoms with Crippen LogP contribution in [-0.4, -0.2) is 48.7 Å². The van der Waals surface area contributed by atoms with E-state index in [1.807, 2.05) is 24.3 Å². The van der Waals surface area contributed by atoms with Gasteiger partial charge in [0.25, 0.3) is 0 Å². The van der Waals surface area contributed by atoms with E-state index in [4.69, 9.17) is 10.3 Å². The largest absolute Gasteiger partial charge is 0.448 e. The highest BCUT2D eigenvalue weighted by Crippen LogP contribution is 2.44. The van der Waals surface area contributed by atoms with Crippen LogP contribution >= 0.6 is 22.6 Å². The predicted octanol–water partition coefficient (Wildman–Crippen LogP) is 6.30. The summed E-state index contributed by atoms with van der Waals surface area (Å²) in [6.07, 6.45) is -0.249. The first kappa shape index (κ1) is 22.7. The summed E-state index contributed by atoms with van der Waals surface area (Å²) in [5.41, 5.74) is 15.3. The van der Waals surface area contributed by atoms with Crippen LogP contribution in [0.1, 0.15) is 22.6 Å². The summed E-state index contributed by atoms with van der Waals surface area (Å²) < 4.78 is 6.85. The zero-order valence-electron chi connectivity index (χ0n) is 18.6. The second kappa shape index (κ2) is 10.0. The lowest BCUT2D eigenvalue weighted by Gasteiger charge is -2.34. The van der Waals surface area contributed by atoms with Crippen molar-refractivity contribution in [2.45, 2.75) is 12.5 Å². The van der Waals surface area contributed by atoms with Crippen LogP contribution in [0.15, 0.2) is 71.8 Å². The van der Waals surface area contributed by atoms with Gasteiger partial charge in [0, 0.05) is 52.8 Å². The fourth-order valence-electron chi connectivity index (χ4n) is 4.87. The van der Waals surface area contributed by atoms with Gasteiger partial charge >= 0.3 is 6.09 Å². The number of azide groups is 1. The minimum absolute atomic E-state index is 0.0726. The summed E-state index contributed by atoms with van der Waals surface area (Å²) in [7, 11) is 0. The van der Waals surface area contributed by atoms with E-state index in [0.29, 0.717) is 25.4 Å². The summed E-state index contributed by atoms with van der Waals surface area (Å²) in [6, 6.07) is 22.6. The van der Waals surface area contributed by atoms with E-state index in [1.54, 1.807) is 4.90 Å². The third-order valence-electron chi connectivity index (χ3n) is 6.48. The molecule has 172 valence electrons. The number of carbonyl (C=O) groups is 1. The van der Waals surface area contributed by atoms with Crippen molar-refractivity contribution < 1.29 is 9.53 Å². The van der Waals surface area contributed by atoms with Gasteiger partial charge in [-0.1, -0.05) is 53.6 Å². The van der Waals surface area contributed by atoms with Crippen molar-refractivity contribution in [3.8, 4) is 11.1 Å². The van der Waals surface area contributed by atoms with E-state index < -0.39 is 0 Å². The van der Waals surface area contributed by atoms with Crippen molar-refractivity contribution in [1.82, 2.24) is 9.80 Å². The maximum Gasteiger partial charge on any atom is 0.409 e. The number of nitrogens with zero attached hydrogens (tertiary/aromatic N) is 5. The highest BCUT2D eigenvalue weighted by atomic mass is 127. The Labute approximate surface area is 212 Å². The number of piperazine rings is 1. The molecule has 2 aliphatic rings. The molecule has 0 spiro atoms. The van der Waals surface area contributed by atoms with Crippen LogP contribution in [0.5, 0.6) is 0 Å². The number of carbonyl (C=O) groups excluding carboxylic acids is 1. The highest BCUT2D eigenvalue weighted by molar-refractivity contribution is 14.1. The topological polar surface area (TPSA) is 81.5 Å². The Morgan fingerprint density at radius 2 is 1.65 bits per heavy atom. The summed E-state index contributed by atoms with van der Waals surface area (Å²) in [4.78, 5) is 19.8. The van der Waals surface area contributed by atoms with Crippen molar-refractivity contribution in [2.24, 2.45) is 5.11 Å². The van der Waals surface area contributed by atoms with Crippen molar-refractivity contribution in [3.05, 3.63) is 97.4 Å². The van der Waals surface area contributed by atoms with Crippen LogP contribution in [0.3, 0.4) is 0 Å². The molecule has 0 aromatic heterocycles. The molecule has 0 saturated carbocycles. The van der Waals surface area contributed by atoms with Gasteiger partial charge in [-0.05, 0) is 74.1 Å². The number of rotatable bonds is 5. The molecule has 0 radical (unpaired) electrons. The molecular weight excluding hydrogens is 541 g/mol. The predicted molar refractivity (Wildman–Crippen MR) is 140 cm³/mol. The van der Waals surface area contributed by atoms with Crippen LogP contribution in [0.25, 0.3) is 21.6 Å². The molecule has 1 aliphatic carbocycles. The van der Waals surface area contributed by atoms with Crippen LogP contribution in [0, 0.1) is 3.57 Å². The average Bonchev–Trinajstić information content (AvgIpc) is 3.17. The molecule has 1 fully saturated rings. The number of amides is 1. The molecular formula is C26H24IN5O2. The first-order chi connectivity index (χ1) is 16.6. The first-order valence-corrected chi connectivity index (χ1v) is 12.4. The quantitative estimate of drug-likeness (QED) is 0.158. The Kier molecular flexibility index (Phi) is 6.71. The number of hydrogen-bond donors (Lipinski definition) is 0. The van der Waals surface area contributed by atoms with Gasteiger partial charge in [0.2, 0.25) is 0 Å². The molecule has 3 aromatic rings. The Morgan fingerprint density at radius 1 is 1.00 bits per heavy atom. The monoisotopic (exact) mass is 565 g/mol. The van der Waals surface area contributed by atoms with E-state index in [2.05, 4.69) is 80.0 Å². The molecule has 3 aromatic carbocycles. The molecule has 1 saturated heterocycles. The van der Waals surface area contributed by atoms with Crippen molar-refractivity contribution in [2.75, 3.05) is 32.8 Å². The molecule has 7 nitrogen and oxygen atoms in total. The summed E-state index contributed by atoms with van der Waals surface area (Å²) >= 11 is 2.23. The molecule has 8 heteroatoms. The van der Waals surface area contributed by atoms with Gasteiger partial charge in [-0.15, -0.1) is 0 Å². The Balaban J connectivity index is 1.17. The van der Waals surface area contributed by atoms with E-state index in [9.17, 15) is 4.79 Å². The second-order valence-electron chi connectivity index (χ2n) is 8.57. The number of hydrogen-bond acceptors (Lipinski definition) is 4. The van der Waals surface area contributed by atoms with Gasteiger partial charge in [0.15, 0.2) is 0 Å². The van der Waals surface area contributed by atoms with Crippen LogP contribution in [-0.2, 0) is 11.3 Å². The lowest BCUT2D eigenvalue weighted by molar-refractivity contribution is 0.0728. The standard InChI is InChI=1S/C26H24IN5O2/c27-19-13-18(14-20(15-19)29-30-28)16-31-9-11-32(12-10-31)26(33)34-17-25-23-7-3-1-5-21(23)22-6-2-4-8-24(22)25/h1-8,13-15,25H,9-12,16-17H2. The lowest BCUT2D eigenvalue weighted by atomic mass is 9.98. The normalized spacial score (nSPS) is 15.4. The Hall–Kier alpha value is -3.07. The zero-order chi connectivity index (χ0) is 23.5. The molecule has 1 heterocycles. The van der Waals surface area contributed by atoms with E-state index >= 15 is 0 Å². The molecule has 0 unspecified atom stereocenters. The van der Waals surface area contributed by atoms with Gasteiger partial charge in [-0.3, -0.25) is 4.90 Å². The van der Waals surface area contributed by atoms with E-state index in [-0.39, 0.29) is 12.0 Å². The molecule has 0 bridgehead atoms. The van der Waals surface area contributed by atoms with Crippen LogP contribution in [0.4, 0.5) is 10.5 Å². The van der Waals surface area contributed by atoms with E-state index in [1.165, 1.54) is 22.3 Å². The smallest absolute Gasteiger partial charge is 0.409 e. The molecule has 0 atom stereocenters. The SMILES string of the molecule is [N-]=[N+]=Nc1cc(I)cc(CN2CCN(C(=O)OCC3c4ccccc4-c4ccccc43)CC2)c1. The molecule has 1 aliphatic heterocycles. The molecule has 34 heavy (non-hydrogen) atoms. The zero-order valence-corrected chi connectivity index (χ0v) is 20.8. The maximum absolute atomic E-state index is 12.8. The minimum Gasteiger partial charge on any atom is -0.448 e. The fraction of sp³-hybridized carbons (Fsp3) is 0.269. The van der Waals surface area contributed by atoms with Crippen LogP contribution < -0.4 is 0 Å². The van der Waals surface area contributed by atoms with Gasteiger partial charge in [-0.2, -0.15) is 0 Å². The summed E-state index contributed by atoms with van der Waals surface area (Å²) in [5, 5.41) is 3.73. The first-order valence-electron chi connectivity index (χ1n) is 11.3. The van der Waals surface area contributed by atoms with E-state index in [0.717, 1.165) is 28.8 Å². The number of benzene rings is 3. The maximum atomic E-state index is 12.8. The van der Waals surface area contributed by atoms with Crippen molar-refractivity contribution in [3.63, 3.8) is 0 Å². The molecule has 1 amide bonds. The fourth-order valence-corrected chi connectivity index (χ4v) is 5.59. The third kappa shape index (κ3) is 4.75. The van der Waals surface area contributed by atoms with Crippen molar-refractivity contribution in [1.29, 1.82) is 0 Å². The highest BCUT2D eigenvalue weighted by Gasteiger charge is 2.30. The third-order valence-corrected chi connectivity index (χ3v) is 7.10. The van der Waals surface area contributed by atoms with Gasteiger partial charge in [0.05, 0.1) is 0 Å². The molecule has 0 N–H and O–H groups in total. The summed E-state index contributed by atoms with van der Waals surface area (Å²) in [5.74, 6) is 0.0726. The van der Waals surface area contributed by atoms with Gasteiger partial charge < -0.3 is 9.64 Å². The number of ether oxygens (including phenoxy) is 1. The Bertz CT molecular complexity index is 1220.